The molecule has 4 aromatic rings. The van der Waals surface area contributed by atoms with E-state index in [0.717, 1.165) is 45.1 Å². The predicted octanol–water partition coefficient (Wildman–Crippen LogP) is 2.57. The number of aromatic nitrogens is 4. The second-order valence-corrected chi connectivity index (χ2v) is 8.75. The molecular formula is C26H24N8O. The van der Waals surface area contributed by atoms with E-state index in [0.29, 0.717) is 0 Å². The summed E-state index contributed by atoms with van der Waals surface area (Å²) in [5.41, 5.74) is 6.30. The average Bonchev–Trinajstić information content (AvgIpc) is 3.34. The lowest BCUT2D eigenvalue weighted by Gasteiger charge is -2.31. The van der Waals surface area contributed by atoms with Crippen LogP contribution in [-0.4, -0.2) is 67.3 Å². The van der Waals surface area contributed by atoms with Gasteiger partial charge in [0.2, 0.25) is 5.91 Å². The normalized spacial score (nSPS) is 19.8. The molecule has 0 spiro atoms. The second kappa shape index (κ2) is 8.05. The average molecular weight is 465 g/mol. The fourth-order valence-corrected chi connectivity index (χ4v) is 4.92. The quantitative estimate of drug-likeness (QED) is 0.501. The van der Waals surface area contributed by atoms with E-state index in [1.807, 2.05) is 68.5 Å². The molecule has 1 aromatic carbocycles. The van der Waals surface area contributed by atoms with Crippen molar-refractivity contribution in [2.75, 3.05) is 14.1 Å². The minimum absolute atomic E-state index is 0.0810. The number of hydrazone groups is 1. The van der Waals surface area contributed by atoms with Crippen molar-refractivity contribution in [3.8, 4) is 5.69 Å². The number of benzene rings is 1. The zero-order chi connectivity index (χ0) is 24.1. The van der Waals surface area contributed by atoms with Crippen molar-refractivity contribution in [3.05, 3.63) is 90.3 Å². The van der Waals surface area contributed by atoms with Crippen molar-refractivity contribution >= 4 is 28.3 Å². The van der Waals surface area contributed by atoms with Gasteiger partial charge in [-0.05, 0) is 42.8 Å². The van der Waals surface area contributed by atoms with Gasteiger partial charge in [0.15, 0.2) is 0 Å². The highest BCUT2D eigenvalue weighted by molar-refractivity contribution is 6.08. The Labute approximate surface area is 202 Å². The first kappa shape index (κ1) is 21.0. The van der Waals surface area contributed by atoms with E-state index in [1.54, 1.807) is 35.8 Å². The zero-order valence-corrected chi connectivity index (χ0v) is 19.6. The number of hydrogen-bond donors (Lipinski definition) is 1. The molecule has 0 bridgehead atoms. The Hall–Kier alpha value is -4.53. The lowest BCUT2D eigenvalue weighted by molar-refractivity contribution is -0.129. The van der Waals surface area contributed by atoms with Gasteiger partial charge in [-0.3, -0.25) is 24.3 Å². The number of imidazole rings is 1. The molecule has 2 aliphatic rings. The third-order valence-corrected chi connectivity index (χ3v) is 6.58. The minimum atomic E-state index is -0.251. The molecule has 0 aliphatic carbocycles. The van der Waals surface area contributed by atoms with Crippen LogP contribution in [0.2, 0.25) is 0 Å². The Balaban J connectivity index is 1.36. The SMILES string of the molecule is Cc1nc2cnccc2n1-c1ccc(C2=CC(=O)N(C)C3C(N2)C(c2cccnc2)=NN3C)cc1. The van der Waals surface area contributed by atoms with Crippen LogP contribution in [0.1, 0.15) is 17.0 Å². The van der Waals surface area contributed by atoms with Crippen LogP contribution in [0.15, 0.2) is 78.4 Å². The summed E-state index contributed by atoms with van der Waals surface area (Å²) < 4.78 is 2.10. The van der Waals surface area contributed by atoms with Crippen molar-refractivity contribution in [1.29, 1.82) is 0 Å². The maximum atomic E-state index is 13.1. The standard InChI is InChI=1S/C26H24N8O/c1-16-29-21-15-28-12-10-22(21)34(16)19-8-6-17(7-9-19)20-13-23(35)32(2)26-25(30-20)24(31-33(26)3)18-5-4-11-27-14-18/h4-15,25-26,30H,1-3H3. The number of carbonyl (C=O) groups is 1. The molecule has 2 unspecified atom stereocenters. The van der Waals surface area contributed by atoms with E-state index in [9.17, 15) is 4.79 Å². The Kier molecular flexibility index (Phi) is 4.84. The number of carbonyl (C=O) groups excluding carboxylic acids is 1. The van der Waals surface area contributed by atoms with E-state index >= 15 is 0 Å². The van der Waals surface area contributed by atoms with Gasteiger partial charge in [0, 0.05) is 55.7 Å². The molecule has 9 heteroatoms. The van der Waals surface area contributed by atoms with Crippen molar-refractivity contribution in [2.24, 2.45) is 5.10 Å². The number of fused-ring (bicyclic) bond motifs is 2. The van der Waals surface area contributed by atoms with Gasteiger partial charge in [0.25, 0.3) is 0 Å². The first-order valence-electron chi connectivity index (χ1n) is 11.4. The Morgan fingerprint density at radius 2 is 1.74 bits per heavy atom. The molecule has 1 N–H and O–H groups in total. The number of nitrogens with zero attached hydrogens (tertiary/aromatic N) is 7. The van der Waals surface area contributed by atoms with Crippen LogP contribution >= 0.6 is 0 Å². The summed E-state index contributed by atoms with van der Waals surface area (Å²) in [6, 6.07) is 13.8. The number of pyridine rings is 2. The van der Waals surface area contributed by atoms with E-state index < -0.39 is 0 Å². The van der Waals surface area contributed by atoms with E-state index in [4.69, 9.17) is 5.10 Å². The summed E-state index contributed by atoms with van der Waals surface area (Å²) in [5.74, 6) is 0.807. The van der Waals surface area contributed by atoms with Crippen LogP contribution in [0.5, 0.6) is 0 Å². The summed E-state index contributed by atoms with van der Waals surface area (Å²) in [6.45, 7) is 1.98. The number of rotatable bonds is 3. The molecule has 9 nitrogen and oxygen atoms in total. The van der Waals surface area contributed by atoms with Gasteiger partial charge in [-0.25, -0.2) is 4.98 Å². The largest absolute Gasteiger partial charge is 0.372 e. The van der Waals surface area contributed by atoms with Crippen molar-refractivity contribution in [1.82, 2.24) is 34.7 Å². The summed E-state index contributed by atoms with van der Waals surface area (Å²) in [6.07, 6.45) is 8.49. The predicted molar refractivity (Wildman–Crippen MR) is 134 cm³/mol. The van der Waals surface area contributed by atoms with Gasteiger partial charge >= 0.3 is 0 Å². The van der Waals surface area contributed by atoms with Crippen LogP contribution in [0.4, 0.5) is 0 Å². The molecular weight excluding hydrogens is 440 g/mol. The number of nitrogens with one attached hydrogen (secondary N) is 1. The molecule has 6 rings (SSSR count). The number of likely N-dealkylation sites (N-methyl/N-ethyl adjacent to an activating group) is 2. The van der Waals surface area contributed by atoms with Crippen molar-refractivity contribution in [3.63, 3.8) is 0 Å². The van der Waals surface area contributed by atoms with Crippen LogP contribution in [0.3, 0.4) is 0 Å². The Morgan fingerprint density at radius 3 is 2.51 bits per heavy atom. The molecule has 0 saturated carbocycles. The zero-order valence-electron chi connectivity index (χ0n) is 19.6. The van der Waals surface area contributed by atoms with Crippen molar-refractivity contribution in [2.45, 2.75) is 19.1 Å². The molecule has 3 aromatic heterocycles. The molecule has 174 valence electrons. The smallest absolute Gasteiger partial charge is 0.250 e. The third-order valence-electron chi connectivity index (χ3n) is 6.58. The first-order chi connectivity index (χ1) is 17.0. The van der Waals surface area contributed by atoms with E-state index in [-0.39, 0.29) is 18.1 Å². The highest BCUT2D eigenvalue weighted by atomic mass is 16.2. The highest BCUT2D eigenvalue weighted by Crippen LogP contribution is 2.28. The fourth-order valence-electron chi connectivity index (χ4n) is 4.92. The Bertz CT molecular complexity index is 1490. The molecule has 1 amide bonds. The maximum Gasteiger partial charge on any atom is 0.250 e. The molecule has 35 heavy (non-hydrogen) atoms. The summed E-state index contributed by atoms with van der Waals surface area (Å²) in [4.78, 5) is 27.8. The third kappa shape index (κ3) is 3.43. The molecule has 5 heterocycles. The fraction of sp³-hybridized carbons (Fsp3) is 0.192. The molecule has 0 radical (unpaired) electrons. The van der Waals surface area contributed by atoms with Gasteiger partial charge in [-0.2, -0.15) is 5.10 Å². The summed E-state index contributed by atoms with van der Waals surface area (Å²) in [7, 11) is 3.70. The summed E-state index contributed by atoms with van der Waals surface area (Å²) in [5, 5.41) is 10.2. The van der Waals surface area contributed by atoms with Gasteiger partial charge < -0.3 is 10.2 Å². The molecule has 2 aliphatic heterocycles. The lowest BCUT2D eigenvalue weighted by atomic mass is 10.0. The van der Waals surface area contributed by atoms with Crippen LogP contribution in [0, 0.1) is 6.92 Å². The summed E-state index contributed by atoms with van der Waals surface area (Å²) >= 11 is 0. The lowest BCUT2D eigenvalue weighted by Crippen LogP contribution is -2.53. The Morgan fingerprint density at radius 1 is 0.943 bits per heavy atom. The van der Waals surface area contributed by atoms with Crippen LogP contribution in [0.25, 0.3) is 22.4 Å². The van der Waals surface area contributed by atoms with Gasteiger partial charge in [0.1, 0.15) is 23.5 Å². The van der Waals surface area contributed by atoms with Crippen molar-refractivity contribution < 1.29 is 4.79 Å². The monoisotopic (exact) mass is 464 g/mol. The van der Waals surface area contributed by atoms with Crippen LogP contribution < -0.4 is 5.32 Å². The van der Waals surface area contributed by atoms with Gasteiger partial charge in [-0.15, -0.1) is 0 Å². The molecule has 0 fully saturated rings. The van der Waals surface area contributed by atoms with E-state index in [1.165, 1.54) is 0 Å². The number of hydrogen-bond acceptors (Lipinski definition) is 7. The van der Waals surface area contributed by atoms with Crippen LogP contribution in [-0.2, 0) is 4.79 Å². The molecule has 0 saturated heterocycles. The van der Waals surface area contributed by atoms with E-state index in [2.05, 4.69) is 24.8 Å². The number of aryl methyl sites for hydroxylation is 1. The number of amides is 1. The topological polar surface area (TPSA) is 91.5 Å². The van der Waals surface area contributed by atoms with Gasteiger partial charge in [-0.1, -0.05) is 12.1 Å². The molecule has 2 atom stereocenters. The maximum absolute atomic E-state index is 13.1. The minimum Gasteiger partial charge on any atom is -0.372 e. The highest BCUT2D eigenvalue weighted by Gasteiger charge is 2.42. The second-order valence-electron chi connectivity index (χ2n) is 8.75. The van der Waals surface area contributed by atoms with Gasteiger partial charge in [0.05, 0.1) is 17.4 Å². The first-order valence-corrected chi connectivity index (χ1v) is 11.4.